The summed E-state index contributed by atoms with van der Waals surface area (Å²) in [6, 6.07) is 0. The van der Waals surface area contributed by atoms with Crippen LogP contribution in [-0.4, -0.2) is 0 Å². The Labute approximate surface area is 97.8 Å². The lowest BCUT2D eigenvalue weighted by atomic mass is 9.96. The normalized spacial score (nSPS) is 13.0. The van der Waals surface area contributed by atoms with Gasteiger partial charge >= 0.3 is 0 Å². The van der Waals surface area contributed by atoms with Crippen molar-refractivity contribution < 1.29 is 0 Å². The first-order valence-corrected chi connectivity index (χ1v) is 7.10. The molecule has 0 aromatic rings. The van der Waals surface area contributed by atoms with Gasteiger partial charge in [0.1, 0.15) is 0 Å². The minimum absolute atomic E-state index is 0.960. The summed E-state index contributed by atoms with van der Waals surface area (Å²) >= 11 is 0. The fourth-order valence-corrected chi connectivity index (χ4v) is 2.09. The Balaban J connectivity index is 3.08. The van der Waals surface area contributed by atoms with E-state index in [1.54, 1.807) is 0 Å². The molecule has 0 spiro atoms. The summed E-state index contributed by atoms with van der Waals surface area (Å²) in [6.07, 6.45) is 15.3. The lowest BCUT2D eigenvalue weighted by Gasteiger charge is -2.10. The maximum Gasteiger partial charge on any atom is -0.0443 e. The molecule has 0 heterocycles. The fraction of sp³-hybridized carbons (Fsp3) is 0.933. The van der Waals surface area contributed by atoms with Crippen LogP contribution in [-0.2, 0) is 0 Å². The van der Waals surface area contributed by atoms with E-state index < -0.39 is 0 Å². The summed E-state index contributed by atoms with van der Waals surface area (Å²) in [4.78, 5) is 0. The van der Waals surface area contributed by atoms with Crippen LogP contribution in [0.1, 0.15) is 84.5 Å². The van der Waals surface area contributed by atoms with Gasteiger partial charge in [0.2, 0.25) is 0 Å². The van der Waals surface area contributed by atoms with Crippen molar-refractivity contribution >= 4 is 0 Å². The molecular formula is C15H31. The smallest absolute Gasteiger partial charge is 0.0443 e. The Bertz CT molecular complexity index is 107. The lowest BCUT2D eigenvalue weighted by Crippen LogP contribution is -1.95. The van der Waals surface area contributed by atoms with Crippen molar-refractivity contribution in [2.75, 3.05) is 0 Å². The lowest BCUT2D eigenvalue weighted by molar-refractivity contribution is 0.435. The first kappa shape index (κ1) is 15.0. The standard InChI is InChI=1S/C15H31/c1-4-6-8-10-12-14-15(3)13-11-9-7-5-2/h15H,1,4-14H2,2-3H3. The molecule has 0 saturated carbocycles. The molecule has 0 amide bonds. The first-order chi connectivity index (χ1) is 7.31. The van der Waals surface area contributed by atoms with Crippen LogP contribution in [0.15, 0.2) is 0 Å². The molecule has 0 aromatic carbocycles. The maximum atomic E-state index is 3.88. The highest BCUT2D eigenvalue weighted by Gasteiger charge is 2.01. The van der Waals surface area contributed by atoms with E-state index in [-0.39, 0.29) is 0 Å². The number of hydrogen-bond acceptors (Lipinski definition) is 0. The molecule has 0 aliphatic heterocycles. The molecule has 0 heteroatoms. The molecule has 1 unspecified atom stereocenters. The van der Waals surface area contributed by atoms with Gasteiger partial charge in [-0.15, -0.1) is 0 Å². The monoisotopic (exact) mass is 211 g/mol. The Kier molecular flexibility index (Phi) is 12.1. The summed E-state index contributed by atoms with van der Waals surface area (Å²) in [5.74, 6) is 0.960. The number of unbranched alkanes of at least 4 members (excludes halogenated alkanes) is 7. The Morgan fingerprint density at radius 3 is 1.87 bits per heavy atom. The third-order valence-corrected chi connectivity index (χ3v) is 3.25. The van der Waals surface area contributed by atoms with Gasteiger partial charge in [0.15, 0.2) is 0 Å². The zero-order chi connectivity index (χ0) is 11.4. The molecule has 0 bridgehead atoms. The van der Waals surface area contributed by atoms with Gasteiger partial charge in [-0.05, 0) is 5.92 Å². The van der Waals surface area contributed by atoms with Gasteiger partial charge in [-0.3, -0.25) is 0 Å². The molecule has 0 N–H and O–H groups in total. The van der Waals surface area contributed by atoms with E-state index in [1.165, 1.54) is 64.2 Å². The van der Waals surface area contributed by atoms with E-state index in [0.717, 1.165) is 12.3 Å². The van der Waals surface area contributed by atoms with Crippen LogP contribution in [0.3, 0.4) is 0 Å². The van der Waals surface area contributed by atoms with Gasteiger partial charge < -0.3 is 0 Å². The number of hydrogen-bond donors (Lipinski definition) is 0. The first-order valence-electron chi connectivity index (χ1n) is 7.10. The largest absolute Gasteiger partial charge is 0.0654 e. The zero-order valence-corrected chi connectivity index (χ0v) is 11.1. The van der Waals surface area contributed by atoms with E-state index in [0.29, 0.717) is 0 Å². The van der Waals surface area contributed by atoms with Crippen molar-refractivity contribution in [3.8, 4) is 0 Å². The van der Waals surface area contributed by atoms with Gasteiger partial charge in [-0.25, -0.2) is 0 Å². The molecule has 1 atom stereocenters. The average Bonchev–Trinajstić information content (AvgIpc) is 2.24. The minimum Gasteiger partial charge on any atom is -0.0654 e. The summed E-state index contributed by atoms with van der Waals surface area (Å²) < 4.78 is 0. The van der Waals surface area contributed by atoms with Gasteiger partial charge in [0.05, 0.1) is 0 Å². The van der Waals surface area contributed by atoms with Crippen LogP contribution in [0.2, 0.25) is 0 Å². The van der Waals surface area contributed by atoms with Gasteiger partial charge in [0.25, 0.3) is 0 Å². The second kappa shape index (κ2) is 12.1. The third kappa shape index (κ3) is 11.9. The van der Waals surface area contributed by atoms with Crippen molar-refractivity contribution in [1.82, 2.24) is 0 Å². The molecule has 0 aromatic heterocycles. The van der Waals surface area contributed by atoms with Crippen molar-refractivity contribution in [1.29, 1.82) is 0 Å². The van der Waals surface area contributed by atoms with E-state index in [9.17, 15) is 0 Å². The zero-order valence-electron chi connectivity index (χ0n) is 11.1. The number of rotatable bonds is 11. The van der Waals surface area contributed by atoms with Crippen LogP contribution in [0, 0.1) is 12.8 Å². The Morgan fingerprint density at radius 1 is 0.800 bits per heavy atom. The predicted octanol–water partition coefficient (Wildman–Crippen LogP) is 5.77. The van der Waals surface area contributed by atoms with Gasteiger partial charge in [0, 0.05) is 0 Å². The van der Waals surface area contributed by atoms with Gasteiger partial charge in [-0.1, -0.05) is 91.4 Å². The topological polar surface area (TPSA) is 0 Å². The molecule has 0 nitrogen and oxygen atoms in total. The summed E-state index contributed by atoms with van der Waals surface area (Å²) in [6.45, 7) is 8.58. The molecule has 0 rings (SSSR count). The molecule has 91 valence electrons. The molecule has 0 aliphatic rings. The van der Waals surface area contributed by atoms with E-state index in [2.05, 4.69) is 20.8 Å². The van der Waals surface area contributed by atoms with Crippen molar-refractivity contribution in [3.05, 3.63) is 6.92 Å². The van der Waals surface area contributed by atoms with E-state index >= 15 is 0 Å². The quantitative estimate of drug-likeness (QED) is 0.381. The van der Waals surface area contributed by atoms with Crippen LogP contribution < -0.4 is 0 Å². The summed E-state index contributed by atoms with van der Waals surface area (Å²) in [5, 5.41) is 0. The maximum absolute atomic E-state index is 3.88. The summed E-state index contributed by atoms with van der Waals surface area (Å²) in [5.41, 5.74) is 0. The van der Waals surface area contributed by atoms with Crippen LogP contribution in [0.25, 0.3) is 0 Å². The minimum atomic E-state index is 0.960. The highest BCUT2D eigenvalue weighted by atomic mass is 14.1. The second-order valence-electron chi connectivity index (χ2n) is 5.01. The Morgan fingerprint density at radius 2 is 1.33 bits per heavy atom. The van der Waals surface area contributed by atoms with Crippen molar-refractivity contribution in [3.63, 3.8) is 0 Å². The fourth-order valence-electron chi connectivity index (χ4n) is 2.09. The highest BCUT2D eigenvalue weighted by molar-refractivity contribution is 4.55. The molecule has 0 aliphatic carbocycles. The SMILES string of the molecule is [CH2]CCCCCCC(C)CCCCCC. The average molecular weight is 211 g/mol. The van der Waals surface area contributed by atoms with E-state index in [1.807, 2.05) is 0 Å². The van der Waals surface area contributed by atoms with Crippen molar-refractivity contribution in [2.45, 2.75) is 84.5 Å². The van der Waals surface area contributed by atoms with Gasteiger partial charge in [-0.2, -0.15) is 0 Å². The predicted molar refractivity (Wildman–Crippen MR) is 71.0 cm³/mol. The Hall–Kier alpha value is 0. The second-order valence-corrected chi connectivity index (χ2v) is 5.01. The molecule has 0 saturated heterocycles. The summed E-state index contributed by atoms with van der Waals surface area (Å²) in [7, 11) is 0. The van der Waals surface area contributed by atoms with E-state index in [4.69, 9.17) is 0 Å². The van der Waals surface area contributed by atoms with Crippen molar-refractivity contribution in [2.24, 2.45) is 5.92 Å². The molecular weight excluding hydrogens is 180 g/mol. The van der Waals surface area contributed by atoms with Crippen LogP contribution in [0.4, 0.5) is 0 Å². The van der Waals surface area contributed by atoms with Crippen LogP contribution in [0.5, 0.6) is 0 Å². The third-order valence-electron chi connectivity index (χ3n) is 3.25. The van der Waals surface area contributed by atoms with Crippen LogP contribution >= 0.6 is 0 Å². The molecule has 1 radical (unpaired) electrons. The molecule has 0 fully saturated rings. The molecule has 15 heavy (non-hydrogen) atoms. The highest BCUT2D eigenvalue weighted by Crippen LogP contribution is 2.17.